The van der Waals surface area contributed by atoms with Crippen LogP contribution in [0.15, 0.2) is 4.99 Å². The molecule has 0 spiro atoms. The fourth-order valence-electron chi connectivity index (χ4n) is 1.16. The maximum atomic E-state index is 12.0. The Hall–Kier alpha value is -0.390. The van der Waals surface area contributed by atoms with Crippen LogP contribution in [0.4, 0.5) is 13.2 Å². The largest absolute Gasteiger partial charge is 0.391 e. The molecule has 0 saturated heterocycles. The van der Waals surface area contributed by atoms with Crippen LogP contribution in [-0.4, -0.2) is 29.2 Å². The molecule has 1 rings (SSSR count). The summed E-state index contributed by atoms with van der Waals surface area (Å²) >= 11 is 1.48. The van der Waals surface area contributed by atoms with Gasteiger partial charge in [-0.05, 0) is 13.8 Å². The zero-order valence-electron chi connectivity index (χ0n) is 8.06. The molecule has 1 N–H and O–H groups in total. The summed E-state index contributed by atoms with van der Waals surface area (Å²) < 4.78 is 35.9. The first-order valence-electron chi connectivity index (χ1n) is 4.40. The highest BCUT2D eigenvalue weighted by Gasteiger charge is 2.30. The molecule has 2 nitrogen and oxygen atoms in total. The molecule has 0 amide bonds. The first-order valence-corrected chi connectivity index (χ1v) is 5.39. The Morgan fingerprint density at radius 3 is 2.71 bits per heavy atom. The third-order valence-electron chi connectivity index (χ3n) is 1.71. The fraction of sp³-hybridized carbons (Fsp3) is 0.875. The van der Waals surface area contributed by atoms with Crippen molar-refractivity contribution < 1.29 is 13.2 Å². The smallest absolute Gasteiger partial charge is 0.362 e. The maximum absolute atomic E-state index is 12.0. The number of thioether (sulfide) groups is 1. The van der Waals surface area contributed by atoms with Crippen LogP contribution in [0.3, 0.4) is 0 Å². The van der Waals surface area contributed by atoms with Crippen molar-refractivity contribution in [1.29, 1.82) is 0 Å². The lowest BCUT2D eigenvalue weighted by Gasteiger charge is -2.15. The molecule has 6 heteroatoms. The second kappa shape index (κ2) is 4.42. The van der Waals surface area contributed by atoms with Crippen molar-refractivity contribution >= 4 is 16.9 Å². The number of nitrogens with zero attached hydrogens (tertiary/aromatic N) is 1. The van der Waals surface area contributed by atoms with Gasteiger partial charge in [-0.2, -0.15) is 13.2 Å². The van der Waals surface area contributed by atoms with Gasteiger partial charge < -0.3 is 5.32 Å². The molecular weight excluding hydrogens is 213 g/mol. The molecule has 0 radical (unpaired) electrons. The van der Waals surface area contributed by atoms with E-state index in [-0.39, 0.29) is 6.04 Å². The van der Waals surface area contributed by atoms with E-state index in [0.29, 0.717) is 5.17 Å². The molecule has 0 aromatic heterocycles. The number of halogens is 3. The topological polar surface area (TPSA) is 24.4 Å². The van der Waals surface area contributed by atoms with Gasteiger partial charge in [0, 0.05) is 11.8 Å². The van der Waals surface area contributed by atoms with Gasteiger partial charge in [-0.15, -0.1) is 0 Å². The molecule has 1 aliphatic heterocycles. The Labute approximate surface area is 85.4 Å². The number of rotatable bonds is 2. The third kappa shape index (κ3) is 4.21. The van der Waals surface area contributed by atoms with Gasteiger partial charge in [-0.25, -0.2) is 0 Å². The summed E-state index contributed by atoms with van der Waals surface area (Å²) in [6.45, 7) is 3.45. The third-order valence-corrected chi connectivity index (χ3v) is 2.85. The molecule has 14 heavy (non-hydrogen) atoms. The molecule has 1 heterocycles. The predicted molar refractivity (Wildman–Crippen MR) is 52.6 cm³/mol. The van der Waals surface area contributed by atoms with E-state index in [9.17, 15) is 13.2 Å². The van der Waals surface area contributed by atoms with Crippen LogP contribution in [0, 0.1) is 0 Å². The monoisotopic (exact) mass is 226 g/mol. The molecule has 1 aliphatic rings. The van der Waals surface area contributed by atoms with Crippen molar-refractivity contribution in [2.24, 2.45) is 4.99 Å². The van der Waals surface area contributed by atoms with Gasteiger partial charge in [0.1, 0.15) is 0 Å². The van der Waals surface area contributed by atoms with Crippen LogP contribution in [0.5, 0.6) is 0 Å². The summed E-state index contributed by atoms with van der Waals surface area (Å²) in [5.41, 5.74) is 0. The van der Waals surface area contributed by atoms with Gasteiger partial charge in [-0.1, -0.05) is 11.8 Å². The number of aliphatic imine (C=N–C) groups is 1. The van der Waals surface area contributed by atoms with E-state index in [0.717, 1.165) is 5.75 Å². The van der Waals surface area contributed by atoms with Gasteiger partial charge in [-0.3, -0.25) is 4.99 Å². The lowest BCUT2D eigenvalue weighted by molar-refractivity contribution is -0.138. The van der Waals surface area contributed by atoms with Crippen LogP contribution < -0.4 is 5.32 Å². The van der Waals surface area contributed by atoms with Crippen LogP contribution in [0.2, 0.25) is 0 Å². The first-order chi connectivity index (χ1) is 6.37. The zero-order chi connectivity index (χ0) is 10.8. The molecule has 0 bridgehead atoms. The Kier molecular flexibility index (Phi) is 3.69. The van der Waals surface area contributed by atoms with Crippen LogP contribution >= 0.6 is 11.8 Å². The fourth-order valence-corrected chi connectivity index (χ4v) is 2.17. The Morgan fingerprint density at radius 2 is 2.29 bits per heavy atom. The lowest BCUT2D eigenvalue weighted by Crippen LogP contribution is -2.33. The highest BCUT2D eigenvalue weighted by atomic mass is 32.2. The zero-order valence-corrected chi connectivity index (χ0v) is 8.87. The standard InChI is InChI=1S/C8H13F3N2S/c1-5(3-8(9,10)11)12-7-13-6(2)4-14-7/h5-6H,3-4H2,1-2H3,(H,12,13). The number of amidine groups is 1. The SMILES string of the molecule is CC1CSC(NC(C)CC(F)(F)F)=N1. The molecule has 0 aromatic rings. The molecule has 0 aromatic carbocycles. The molecule has 82 valence electrons. The summed E-state index contributed by atoms with van der Waals surface area (Å²) in [7, 11) is 0. The summed E-state index contributed by atoms with van der Waals surface area (Å²) in [5, 5.41) is 3.39. The highest BCUT2D eigenvalue weighted by Crippen LogP contribution is 2.22. The second-order valence-electron chi connectivity index (χ2n) is 3.46. The van der Waals surface area contributed by atoms with Crippen molar-refractivity contribution in [3.8, 4) is 0 Å². The number of alkyl halides is 3. The van der Waals surface area contributed by atoms with Crippen molar-refractivity contribution in [3.63, 3.8) is 0 Å². The summed E-state index contributed by atoms with van der Waals surface area (Å²) in [6.07, 6.45) is -4.93. The lowest BCUT2D eigenvalue weighted by atomic mass is 10.2. The van der Waals surface area contributed by atoms with Crippen molar-refractivity contribution in [3.05, 3.63) is 0 Å². The Balaban J connectivity index is 2.34. The average molecular weight is 226 g/mol. The van der Waals surface area contributed by atoms with Gasteiger partial charge in [0.2, 0.25) is 0 Å². The van der Waals surface area contributed by atoms with E-state index in [2.05, 4.69) is 10.3 Å². The summed E-state index contributed by atoms with van der Waals surface area (Å²) in [6, 6.07) is -0.396. The van der Waals surface area contributed by atoms with Gasteiger partial charge >= 0.3 is 6.18 Å². The van der Waals surface area contributed by atoms with Crippen molar-refractivity contribution in [2.75, 3.05) is 5.75 Å². The molecular formula is C8H13F3N2S. The van der Waals surface area contributed by atoms with E-state index in [1.807, 2.05) is 6.92 Å². The van der Waals surface area contributed by atoms with Crippen molar-refractivity contribution in [2.45, 2.75) is 38.5 Å². The van der Waals surface area contributed by atoms with E-state index in [1.165, 1.54) is 18.7 Å². The van der Waals surface area contributed by atoms with E-state index < -0.39 is 18.6 Å². The summed E-state index contributed by atoms with van der Waals surface area (Å²) in [4.78, 5) is 4.16. The minimum absolute atomic E-state index is 0.209. The maximum Gasteiger partial charge on any atom is 0.391 e. The molecule has 2 unspecified atom stereocenters. The quantitative estimate of drug-likeness (QED) is 0.782. The van der Waals surface area contributed by atoms with Crippen molar-refractivity contribution in [1.82, 2.24) is 5.32 Å². The van der Waals surface area contributed by atoms with Gasteiger partial charge in [0.05, 0.1) is 12.5 Å². The second-order valence-corrected chi connectivity index (χ2v) is 4.47. The average Bonchev–Trinajstić information content (AvgIpc) is 2.30. The molecule has 0 aliphatic carbocycles. The first kappa shape index (κ1) is 11.7. The van der Waals surface area contributed by atoms with Crippen LogP contribution in [0.1, 0.15) is 20.3 Å². The molecule has 0 fully saturated rings. The molecule has 2 atom stereocenters. The molecule has 0 saturated carbocycles. The van der Waals surface area contributed by atoms with Crippen LogP contribution in [-0.2, 0) is 0 Å². The van der Waals surface area contributed by atoms with Gasteiger partial charge in [0.25, 0.3) is 0 Å². The van der Waals surface area contributed by atoms with Gasteiger partial charge in [0.15, 0.2) is 5.17 Å². The number of nitrogens with one attached hydrogen (secondary N) is 1. The highest BCUT2D eigenvalue weighted by molar-refractivity contribution is 8.14. The van der Waals surface area contributed by atoms with E-state index in [4.69, 9.17) is 0 Å². The van der Waals surface area contributed by atoms with E-state index >= 15 is 0 Å². The van der Waals surface area contributed by atoms with E-state index in [1.54, 1.807) is 0 Å². The minimum atomic E-state index is -4.11. The minimum Gasteiger partial charge on any atom is -0.362 e. The Morgan fingerprint density at radius 1 is 1.64 bits per heavy atom. The predicted octanol–water partition coefficient (Wildman–Crippen LogP) is 2.41. The number of hydrogen-bond acceptors (Lipinski definition) is 3. The summed E-state index contributed by atoms with van der Waals surface area (Å²) in [5.74, 6) is 0.848. The Bertz CT molecular complexity index is 227. The number of hydrogen-bond donors (Lipinski definition) is 1. The normalized spacial score (nSPS) is 24.6. The van der Waals surface area contributed by atoms with Crippen LogP contribution in [0.25, 0.3) is 0 Å².